The number of carboxylic acids is 1. The number of allylic oxidation sites excluding steroid dienone is 3. The Bertz CT molecular complexity index is 733. The summed E-state index contributed by atoms with van der Waals surface area (Å²) < 4.78 is 30.6. The van der Waals surface area contributed by atoms with Crippen molar-refractivity contribution in [2.24, 2.45) is 0 Å². The fraction of sp³-hybridized carbons (Fsp3) is 0.176. The molecule has 2 rings (SSSR count). The Kier molecular flexibility index (Phi) is 5.41. The van der Waals surface area contributed by atoms with Crippen LogP contribution >= 0.6 is 0 Å². The Morgan fingerprint density at radius 2 is 2.09 bits per heavy atom. The Balaban J connectivity index is 2.13. The average Bonchev–Trinajstić information content (AvgIpc) is 3.03. The number of alkyl halides is 1. The van der Waals surface area contributed by atoms with Crippen molar-refractivity contribution in [3.63, 3.8) is 0 Å². The zero-order valence-corrected chi connectivity index (χ0v) is 12.4. The third kappa shape index (κ3) is 4.35. The minimum atomic E-state index is -1.39. The van der Waals surface area contributed by atoms with Gasteiger partial charge in [-0.2, -0.15) is 0 Å². The maximum Gasteiger partial charge on any atom is 0.335 e. The third-order valence-corrected chi connectivity index (χ3v) is 3.20. The first-order valence-corrected chi connectivity index (χ1v) is 6.89. The number of halogens is 2. The highest BCUT2D eigenvalue weighted by Crippen LogP contribution is 2.24. The van der Waals surface area contributed by atoms with Crippen molar-refractivity contribution in [3.05, 3.63) is 60.3 Å². The minimum Gasteiger partial charge on any atom is -0.478 e. The molecule has 0 radical (unpaired) electrons. The molecule has 23 heavy (non-hydrogen) atoms. The lowest BCUT2D eigenvalue weighted by atomic mass is 10.1. The molecule has 0 spiro atoms. The van der Waals surface area contributed by atoms with Crippen LogP contribution in [0.2, 0.25) is 0 Å². The number of aromatic nitrogens is 1. The van der Waals surface area contributed by atoms with Gasteiger partial charge in [0.15, 0.2) is 0 Å². The lowest BCUT2D eigenvalue weighted by Crippen LogP contribution is -1.94. The van der Waals surface area contributed by atoms with E-state index >= 15 is 0 Å². The van der Waals surface area contributed by atoms with Crippen LogP contribution in [0, 0.1) is 0 Å². The van der Waals surface area contributed by atoms with E-state index in [1.807, 2.05) is 0 Å². The zero-order valence-electron chi connectivity index (χ0n) is 12.4. The van der Waals surface area contributed by atoms with Crippen molar-refractivity contribution in [1.29, 1.82) is 0 Å². The normalized spacial score (nSPS) is 13.4. The quantitative estimate of drug-likeness (QED) is 0.841. The van der Waals surface area contributed by atoms with Gasteiger partial charge in [0.05, 0.1) is 18.1 Å². The summed E-state index contributed by atoms with van der Waals surface area (Å²) in [5.41, 5.74) is 1.49. The number of hydrogen-bond acceptors (Lipinski definition) is 3. The van der Waals surface area contributed by atoms with E-state index in [9.17, 15) is 13.6 Å². The molecule has 0 aliphatic heterocycles. The summed E-state index contributed by atoms with van der Waals surface area (Å²) in [4.78, 5) is 14.9. The van der Waals surface area contributed by atoms with Crippen LogP contribution in [0.1, 0.15) is 29.5 Å². The monoisotopic (exact) mass is 319 g/mol. The highest BCUT2D eigenvalue weighted by Gasteiger charge is 2.10. The Morgan fingerprint density at radius 1 is 1.39 bits per heavy atom. The van der Waals surface area contributed by atoms with Crippen molar-refractivity contribution < 1.29 is 23.1 Å². The van der Waals surface area contributed by atoms with Crippen molar-refractivity contribution in [1.82, 2.24) is 4.98 Å². The van der Waals surface area contributed by atoms with Crippen LogP contribution in [0.15, 0.2) is 53.4 Å². The fourth-order valence-corrected chi connectivity index (χ4v) is 1.89. The molecule has 1 unspecified atom stereocenters. The zero-order chi connectivity index (χ0) is 16.8. The number of benzene rings is 1. The summed E-state index contributed by atoms with van der Waals surface area (Å²) in [5.74, 6) is -0.199. The van der Waals surface area contributed by atoms with Gasteiger partial charge in [-0.05, 0) is 42.8 Å². The first-order valence-electron chi connectivity index (χ1n) is 6.89. The number of hydrogen-bond donors (Lipinski definition) is 1. The number of oxazole rings is 1. The summed E-state index contributed by atoms with van der Waals surface area (Å²) in [6.45, 7) is 1.74. The second-order valence-electron chi connectivity index (χ2n) is 4.87. The molecule has 6 heteroatoms. The van der Waals surface area contributed by atoms with Crippen molar-refractivity contribution in [3.8, 4) is 11.5 Å². The summed E-state index contributed by atoms with van der Waals surface area (Å²) in [7, 11) is 0. The molecule has 0 fully saturated rings. The largest absolute Gasteiger partial charge is 0.478 e. The number of rotatable bonds is 6. The first-order chi connectivity index (χ1) is 11.0. The van der Waals surface area contributed by atoms with Crippen LogP contribution in [0.4, 0.5) is 8.78 Å². The molecular formula is C17H15F2NO3. The van der Waals surface area contributed by atoms with Crippen molar-refractivity contribution >= 4 is 11.5 Å². The Hall–Kier alpha value is -2.76. The lowest BCUT2D eigenvalue weighted by Gasteiger charge is -2.00. The van der Waals surface area contributed by atoms with E-state index in [4.69, 9.17) is 9.52 Å². The fourth-order valence-electron chi connectivity index (χ4n) is 1.89. The topological polar surface area (TPSA) is 63.3 Å². The molecule has 1 aromatic heterocycles. The maximum absolute atomic E-state index is 13.2. The number of aromatic carboxylic acids is 1. The van der Waals surface area contributed by atoms with Crippen LogP contribution in [-0.2, 0) is 0 Å². The number of carboxylic acid groups (broad SMARTS) is 1. The Morgan fingerprint density at radius 3 is 2.70 bits per heavy atom. The minimum absolute atomic E-state index is 0.0373. The summed E-state index contributed by atoms with van der Waals surface area (Å²) >= 11 is 0. The molecule has 0 saturated heterocycles. The predicted molar refractivity (Wildman–Crippen MR) is 82.3 cm³/mol. The number of nitrogens with zero attached hydrogens (tertiary/aromatic N) is 1. The third-order valence-electron chi connectivity index (χ3n) is 3.20. The van der Waals surface area contributed by atoms with E-state index in [0.717, 1.165) is 6.08 Å². The molecule has 1 atom stereocenters. The smallest absolute Gasteiger partial charge is 0.335 e. The number of carbonyl (C=O) groups is 1. The molecule has 4 nitrogen and oxygen atoms in total. The van der Waals surface area contributed by atoms with Gasteiger partial charge in [-0.1, -0.05) is 6.08 Å². The van der Waals surface area contributed by atoms with E-state index in [1.165, 1.54) is 18.3 Å². The van der Waals surface area contributed by atoms with Crippen LogP contribution in [0.3, 0.4) is 0 Å². The van der Waals surface area contributed by atoms with Gasteiger partial charge in [0.1, 0.15) is 11.9 Å². The van der Waals surface area contributed by atoms with E-state index < -0.39 is 12.1 Å². The molecule has 0 bridgehead atoms. The van der Waals surface area contributed by atoms with Gasteiger partial charge in [0.25, 0.3) is 0 Å². The second-order valence-corrected chi connectivity index (χ2v) is 4.87. The molecule has 1 N–H and O–H groups in total. The average molecular weight is 319 g/mol. The van der Waals surface area contributed by atoms with Crippen LogP contribution in [0.5, 0.6) is 0 Å². The molecule has 0 saturated carbocycles. The molecule has 0 amide bonds. The van der Waals surface area contributed by atoms with E-state index in [-0.39, 0.29) is 18.3 Å². The van der Waals surface area contributed by atoms with Gasteiger partial charge in [-0.15, -0.1) is 0 Å². The van der Waals surface area contributed by atoms with Gasteiger partial charge in [0, 0.05) is 12.0 Å². The summed E-state index contributed by atoms with van der Waals surface area (Å²) in [5, 5.41) is 8.86. The van der Waals surface area contributed by atoms with Gasteiger partial charge in [-0.25, -0.2) is 18.6 Å². The second kappa shape index (κ2) is 7.49. The van der Waals surface area contributed by atoms with Gasteiger partial charge >= 0.3 is 5.97 Å². The molecule has 2 aromatic rings. The molecule has 0 aliphatic rings. The van der Waals surface area contributed by atoms with E-state index in [1.54, 1.807) is 25.1 Å². The van der Waals surface area contributed by atoms with Gasteiger partial charge in [0.2, 0.25) is 5.89 Å². The van der Waals surface area contributed by atoms with E-state index in [2.05, 4.69) is 4.98 Å². The van der Waals surface area contributed by atoms with Crippen molar-refractivity contribution in [2.75, 3.05) is 0 Å². The molecule has 1 heterocycles. The highest BCUT2D eigenvalue weighted by atomic mass is 19.1. The van der Waals surface area contributed by atoms with Crippen LogP contribution in [0.25, 0.3) is 17.0 Å². The SMILES string of the molecule is C/C(=C\CC(F)/C=C/F)c1cnc(-c2ccc(C(=O)O)cc2)o1. The standard InChI is InChI=1S/C17H15F2NO3/c1-11(2-7-14(19)8-9-18)15-10-20-16(23-15)12-3-5-13(6-4-12)17(21)22/h2-6,8-10,14H,7H2,1H3,(H,21,22)/b9-8+,11-2+. The molecule has 0 aliphatic carbocycles. The van der Waals surface area contributed by atoms with E-state index in [0.29, 0.717) is 22.8 Å². The molecule has 120 valence electrons. The summed E-state index contributed by atoms with van der Waals surface area (Å²) in [6, 6.07) is 6.12. The van der Waals surface area contributed by atoms with Crippen LogP contribution in [-0.4, -0.2) is 22.2 Å². The maximum atomic E-state index is 13.2. The summed E-state index contributed by atoms with van der Waals surface area (Å²) in [6.07, 6.45) is 2.77. The predicted octanol–water partition coefficient (Wildman–Crippen LogP) is 4.65. The lowest BCUT2D eigenvalue weighted by molar-refractivity contribution is 0.0697. The highest BCUT2D eigenvalue weighted by molar-refractivity contribution is 5.88. The van der Waals surface area contributed by atoms with Crippen molar-refractivity contribution in [2.45, 2.75) is 19.5 Å². The first kappa shape index (κ1) is 16.6. The van der Waals surface area contributed by atoms with Crippen LogP contribution < -0.4 is 0 Å². The van der Waals surface area contributed by atoms with Gasteiger partial charge < -0.3 is 9.52 Å². The molecule has 1 aromatic carbocycles. The molecular weight excluding hydrogens is 304 g/mol. The Labute approximate surface area is 131 Å². The van der Waals surface area contributed by atoms with Gasteiger partial charge in [-0.3, -0.25) is 0 Å².